The zero-order valence-corrected chi connectivity index (χ0v) is 16.5. The molecular weight excluding hydrogens is 406 g/mol. The number of rotatable bonds is 9. The summed E-state index contributed by atoms with van der Waals surface area (Å²) in [5, 5.41) is 3.61. The molecule has 0 aliphatic carbocycles. The first kappa shape index (κ1) is 19.5. The predicted molar refractivity (Wildman–Crippen MR) is 101 cm³/mol. The van der Waals surface area contributed by atoms with Gasteiger partial charge in [0.2, 0.25) is 5.91 Å². The second-order valence-electron chi connectivity index (χ2n) is 5.03. The predicted octanol–water partition coefficient (Wildman–Crippen LogP) is 3.10. The first-order valence-corrected chi connectivity index (χ1v) is 9.48. The van der Waals surface area contributed by atoms with Crippen LogP contribution in [0.2, 0.25) is 0 Å². The van der Waals surface area contributed by atoms with Crippen LogP contribution in [0.5, 0.6) is 11.5 Å². The standard InChI is InChI=1S/C17H20BrN3O3S/c1-23-14-10-12(13(18)11-15(14)24-2)4-8-19-16(22)5-9-25-17-20-6-3-7-21-17/h3,6-7,10-11H,4-5,8-9H2,1-2H3,(H,19,22). The van der Waals surface area contributed by atoms with Gasteiger partial charge in [-0.05, 0) is 30.2 Å². The van der Waals surface area contributed by atoms with E-state index in [0.717, 1.165) is 10.0 Å². The van der Waals surface area contributed by atoms with Crippen molar-refractivity contribution in [2.45, 2.75) is 18.0 Å². The Morgan fingerprint density at radius 3 is 2.56 bits per heavy atom. The number of hydrogen-bond acceptors (Lipinski definition) is 6. The summed E-state index contributed by atoms with van der Waals surface area (Å²) < 4.78 is 11.5. The fourth-order valence-corrected chi connectivity index (χ4v) is 3.37. The molecule has 1 aromatic heterocycles. The molecule has 0 bridgehead atoms. The summed E-state index contributed by atoms with van der Waals surface area (Å²) in [7, 11) is 3.20. The van der Waals surface area contributed by atoms with E-state index in [1.807, 2.05) is 12.1 Å². The molecule has 2 aromatic rings. The van der Waals surface area contributed by atoms with Crippen LogP contribution in [0.15, 0.2) is 40.2 Å². The van der Waals surface area contributed by atoms with Crippen molar-refractivity contribution in [1.29, 1.82) is 0 Å². The van der Waals surface area contributed by atoms with Crippen LogP contribution in [0.25, 0.3) is 0 Å². The number of aromatic nitrogens is 2. The normalized spacial score (nSPS) is 10.4. The first-order valence-electron chi connectivity index (χ1n) is 7.71. The number of carbonyl (C=O) groups excluding carboxylic acids is 1. The van der Waals surface area contributed by atoms with Gasteiger partial charge in [0.1, 0.15) is 0 Å². The molecule has 2 rings (SSSR count). The van der Waals surface area contributed by atoms with Gasteiger partial charge in [-0.2, -0.15) is 0 Å². The molecule has 134 valence electrons. The van der Waals surface area contributed by atoms with E-state index in [1.54, 1.807) is 32.7 Å². The lowest BCUT2D eigenvalue weighted by Gasteiger charge is -2.12. The number of amides is 1. The van der Waals surface area contributed by atoms with E-state index in [2.05, 4.69) is 31.2 Å². The lowest BCUT2D eigenvalue weighted by molar-refractivity contribution is -0.120. The van der Waals surface area contributed by atoms with E-state index in [1.165, 1.54) is 11.8 Å². The number of methoxy groups -OCH3 is 2. The van der Waals surface area contributed by atoms with Crippen molar-refractivity contribution in [3.8, 4) is 11.5 Å². The number of thioether (sulfide) groups is 1. The quantitative estimate of drug-likeness (QED) is 0.491. The zero-order valence-electron chi connectivity index (χ0n) is 14.1. The van der Waals surface area contributed by atoms with Gasteiger partial charge in [0, 0.05) is 35.6 Å². The fraction of sp³-hybridized carbons (Fsp3) is 0.353. The van der Waals surface area contributed by atoms with Gasteiger partial charge in [0.25, 0.3) is 0 Å². The smallest absolute Gasteiger partial charge is 0.220 e. The summed E-state index contributed by atoms with van der Waals surface area (Å²) in [5.74, 6) is 2.00. The third kappa shape index (κ3) is 6.21. The second-order valence-corrected chi connectivity index (χ2v) is 6.94. The van der Waals surface area contributed by atoms with E-state index in [4.69, 9.17) is 9.47 Å². The summed E-state index contributed by atoms with van der Waals surface area (Å²) in [5.41, 5.74) is 1.05. The number of benzene rings is 1. The molecule has 0 fully saturated rings. The summed E-state index contributed by atoms with van der Waals surface area (Å²) in [6.45, 7) is 0.555. The summed E-state index contributed by atoms with van der Waals surface area (Å²) >= 11 is 4.99. The largest absolute Gasteiger partial charge is 0.493 e. The Labute approximate surface area is 159 Å². The van der Waals surface area contributed by atoms with Gasteiger partial charge < -0.3 is 14.8 Å². The fourth-order valence-electron chi connectivity index (χ4n) is 2.11. The second kappa shape index (κ2) is 10.2. The van der Waals surface area contributed by atoms with Crippen LogP contribution >= 0.6 is 27.7 Å². The van der Waals surface area contributed by atoms with Crippen molar-refractivity contribution in [1.82, 2.24) is 15.3 Å². The van der Waals surface area contributed by atoms with Crippen LogP contribution in [0, 0.1) is 0 Å². The van der Waals surface area contributed by atoms with Gasteiger partial charge in [-0.25, -0.2) is 9.97 Å². The van der Waals surface area contributed by atoms with Crippen molar-refractivity contribution in [2.75, 3.05) is 26.5 Å². The minimum absolute atomic E-state index is 0.0139. The summed E-state index contributed by atoms with van der Waals surface area (Å²) in [6, 6.07) is 5.55. The molecule has 0 radical (unpaired) electrons. The molecule has 6 nitrogen and oxygen atoms in total. The number of carbonyl (C=O) groups is 1. The maximum absolute atomic E-state index is 11.9. The lowest BCUT2D eigenvalue weighted by atomic mass is 10.1. The molecule has 0 saturated carbocycles. The van der Waals surface area contributed by atoms with E-state index in [0.29, 0.717) is 41.8 Å². The first-order chi connectivity index (χ1) is 12.1. The Kier molecular flexibility index (Phi) is 8.00. The van der Waals surface area contributed by atoms with Gasteiger partial charge in [-0.3, -0.25) is 4.79 Å². The van der Waals surface area contributed by atoms with Gasteiger partial charge >= 0.3 is 0 Å². The molecule has 1 heterocycles. The van der Waals surface area contributed by atoms with Crippen molar-refractivity contribution in [2.24, 2.45) is 0 Å². The van der Waals surface area contributed by atoms with E-state index < -0.39 is 0 Å². The van der Waals surface area contributed by atoms with Crippen molar-refractivity contribution in [3.63, 3.8) is 0 Å². The average molecular weight is 426 g/mol. The van der Waals surface area contributed by atoms with Gasteiger partial charge in [-0.15, -0.1) is 0 Å². The van der Waals surface area contributed by atoms with Crippen molar-refractivity contribution < 1.29 is 14.3 Å². The van der Waals surface area contributed by atoms with Gasteiger partial charge in [0.05, 0.1) is 14.2 Å². The number of halogens is 1. The zero-order chi connectivity index (χ0) is 18.1. The Morgan fingerprint density at radius 2 is 1.88 bits per heavy atom. The molecule has 0 aliphatic rings. The van der Waals surface area contributed by atoms with E-state index in [-0.39, 0.29) is 5.91 Å². The molecule has 0 aliphatic heterocycles. The van der Waals surface area contributed by atoms with Crippen LogP contribution in [0.1, 0.15) is 12.0 Å². The maximum Gasteiger partial charge on any atom is 0.220 e. The third-order valence-electron chi connectivity index (χ3n) is 3.37. The highest BCUT2D eigenvalue weighted by Gasteiger charge is 2.10. The van der Waals surface area contributed by atoms with Crippen LogP contribution in [0.3, 0.4) is 0 Å². The van der Waals surface area contributed by atoms with Crippen LogP contribution in [-0.2, 0) is 11.2 Å². The molecule has 0 atom stereocenters. The molecule has 8 heteroatoms. The van der Waals surface area contributed by atoms with Crippen molar-refractivity contribution >= 4 is 33.6 Å². The molecule has 1 amide bonds. The monoisotopic (exact) mass is 425 g/mol. The van der Waals surface area contributed by atoms with Gasteiger partial charge in [0.15, 0.2) is 16.7 Å². The Bertz CT molecular complexity index is 701. The summed E-state index contributed by atoms with van der Waals surface area (Å²) in [4.78, 5) is 20.1. The highest BCUT2D eigenvalue weighted by molar-refractivity contribution is 9.10. The van der Waals surface area contributed by atoms with Crippen LogP contribution in [0.4, 0.5) is 0 Å². The molecule has 0 spiro atoms. The Morgan fingerprint density at radius 1 is 1.20 bits per heavy atom. The molecule has 0 saturated heterocycles. The molecule has 1 aromatic carbocycles. The van der Waals surface area contributed by atoms with Crippen LogP contribution in [-0.4, -0.2) is 42.4 Å². The number of hydrogen-bond donors (Lipinski definition) is 1. The highest BCUT2D eigenvalue weighted by Crippen LogP contribution is 2.33. The van der Waals surface area contributed by atoms with Crippen LogP contribution < -0.4 is 14.8 Å². The van der Waals surface area contributed by atoms with E-state index >= 15 is 0 Å². The number of nitrogens with one attached hydrogen (secondary N) is 1. The third-order valence-corrected chi connectivity index (χ3v) is 4.99. The molecule has 0 unspecified atom stereocenters. The molecule has 25 heavy (non-hydrogen) atoms. The molecule has 1 N–H and O–H groups in total. The maximum atomic E-state index is 11.9. The topological polar surface area (TPSA) is 73.3 Å². The minimum Gasteiger partial charge on any atom is -0.493 e. The Hall–Kier alpha value is -1.80. The average Bonchev–Trinajstić information content (AvgIpc) is 2.63. The highest BCUT2D eigenvalue weighted by atomic mass is 79.9. The minimum atomic E-state index is 0.0139. The molecular formula is C17H20BrN3O3S. The Balaban J connectivity index is 1.75. The number of nitrogens with zero attached hydrogens (tertiary/aromatic N) is 2. The van der Waals surface area contributed by atoms with E-state index in [9.17, 15) is 4.79 Å². The lowest BCUT2D eigenvalue weighted by Crippen LogP contribution is -2.26. The SMILES string of the molecule is COc1cc(Br)c(CCNC(=O)CCSc2ncccn2)cc1OC. The summed E-state index contributed by atoms with van der Waals surface area (Å²) in [6.07, 6.45) is 4.50. The van der Waals surface area contributed by atoms with Crippen molar-refractivity contribution in [3.05, 3.63) is 40.6 Å². The number of ether oxygens (including phenoxy) is 2. The van der Waals surface area contributed by atoms with Gasteiger partial charge in [-0.1, -0.05) is 27.7 Å².